The van der Waals surface area contributed by atoms with E-state index in [1.165, 1.54) is 24.3 Å². The monoisotopic (exact) mass is 416 g/mol. The molecule has 3 amide bonds. The maximum atomic E-state index is 12.3. The van der Waals surface area contributed by atoms with Gasteiger partial charge >= 0.3 is 0 Å². The molecular formula is C18H13ClN4O4S. The second-order valence-corrected chi connectivity index (χ2v) is 7.03. The van der Waals surface area contributed by atoms with Crippen LogP contribution in [-0.4, -0.2) is 33.6 Å². The predicted octanol–water partition coefficient (Wildman–Crippen LogP) is 3.98. The summed E-state index contributed by atoms with van der Waals surface area (Å²) in [6.45, 7) is -0.500. The summed E-state index contributed by atoms with van der Waals surface area (Å²) in [5.41, 5.74) is 6.19. The molecule has 10 heteroatoms. The van der Waals surface area contributed by atoms with Gasteiger partial charge < -0.3 is 10.8 Å². The summed E-state index contributed by atoms with van der Waals surface area (Å²) in [7, 11) is 0. The smallest absolute Gasteiger partial charge is 0.294 e. The number of aromatic hydroxyl groups is 1. The zero-order valence-corrected chi connectivity index (χ0v) is 15.8. The Labute approximate surface area is 168 Å². The summed E-state index contributed by atoms with van der Waals surface area (Å²) in [5, 5.41) is 18.0. The number of hydrogen-bond donors (Lipinski definition) is 2. The van der Waals surface area contributed by atoms with Crippen LogP contribution in [0.15, 0.2) is 57.6 Å². The Kier molecular flexibility index (Phi) is 5.76. The van der Waals surface area contributed by atoms with Crippen molar-refractivity contribution < 1.29 is 19.5 Å². The molecule has 0 bridgehead atoms. The molecule has 1 aliphatic heterocycles. The molecule has 0 saturated carbocycles. The molecule has 1 aliphatic rings. The molecule has 142 valence electrons. The van der Waals surface area contributed by atoms with Crippen LogP contribution < -0.4 is 5.73 Å². The number of nitrogens with zero attached hydrogens (tertiary/aromatic N) is 3. The second kappa shape index (κ2) is 8.24. The number of thioether (sulfide) groups is 1. The van der Waals surface area contributed by atoms with Crippen molar-refractivity contribution in [3.63, 3.8) is 0 Å². The topological polar surface area (TPSA) is 125 Å². The van der Waals surface area contributed by atoms with Gasteiger partial charge in [-0.2, -0.15) is 5.11 Å². The van der Waals surface area contributed by atoms with Gasteiger partial charge in [0.1, 0.15) is 18.0 Å². The summed E-state index contributed by atoms with van der Waals surface area (Å²) in [6, 6.07) is 11.3. The fraction of sp³-hybridized carbons (Fsp3) is 0.0556. The summed E-state index contributed by atoms with van der Waals surface area (Å²) in [6.07, 6.45) is 1.34. The average Bonchev–Trinajstić information content (AvgIpc) is 2.90. The van der Waals surface area contributed by atoms with Gasteiger partial charge in [0, 0.05) is 5.56 Å². The zero-order valence-electron chi connectivity index (χ0n) is 14.2. The molecule has 1 saturated heterocycles. The minimum absolute atomic E-state index is 0.0572. The van der Waals surface area contributed by atoms with Crippen molar-refractivity contribution in [2.45, 2.75) is 0 Å². The lowest BCUT2D eigenvalue weighted by molar-refractivity contribution is -0.127. The molecule has 2 aromatic rings. The van der Waals surface area contributed by atoms with Gasteiger partial charge in [0.15, 0.2) is 0 Å². The lowest BCUT2D eigenvalue weighted by atomic mass is 10.1. The number of rotatable bonds is 5. The van der Waals surface area contributed by atoms with E-state index < -0.39 is 23.6 Å². The Morgan fingerprint density at radius 3 is 2.68 bits per heavy atom. The largest absolute Gasteiger partial charge is 0.507 e. The summed E-state index contributed by atoms with van der Waals surface area (Å²) in [5.74, 6) is -1.57. The number of primary amides is 1. The van der Waals surface area contributed by atoms with Crippen molar-refractivity contribution in [1.29, 1.82) is 0 Å². The Morgan fingerprint density at radius 2 is 1.96 bits per heavy atom. The van der Waals surface area contributed by atoms with E-state index in [-0.39, 0.29) is 16.2 Å². The van der Waals surface area contributed by atoms with Gasteiger partial charge in [0.2, 0.25) is 5.91 Å². The zero-order chi connectivity index (χ0) is 20.3. The highest BCUT2D eigenvalue weighted by atomic mass is 35.5. The van der Waals surface area contributed by atoms with Gasteiger partial charge in [-0.1, -0.05) is 23.7 Å². The van der Waals surface area contributed by atoms with Gasteiger partial charge in [-0.3, -0.25) is 19.3 Å². The van der Waals surface area contributed by atoms with E-state index >= 15 is 0 Å². The van der Waals surface area contributed by atoms with Crippen LogP contribution in [0.4, 0.5) is 16.2 Å². The molecular weight excluding hydrogens is 404 g/mol. The van der Waals surface area contributed by atoms with Gasteiger partial charge in [0.05, 0.1) is 15.6 Å². The SMILES string of the molecule is NC(=O)CN1C(=O)S/C(=C\c2cc(N=Nc3ccccc3Cl)ccc2O)C1=O. The number of azo groups is 1. The standard InChI is InChI=1S/C18H13ClN4O4S/c19-12-3-1-2-4-13(12)22-21-11-5-6-14(24)10(7-11)8-15-17(26)23(9-16(20)25)18(27)28-15/h1-8,24H,9H2,(H2,20,25)/b15-8-,22-21?. The third-order valence-corrected chi connectivity index (χ3v) is 4.84. The molecule has 2 aromatic carbocycles. The Morgan fingerprint density at radius 1 is 1.21 bits per heavy atom. The molecule has 3 N–H and O–H groups in total. The summed E-state index contributed by atoms with van der Waals surface area (Å²) >= 11 is 6.68. The van der Waals surface area contributed by atoms with Crippen molar-refractivity contribution >= 4 is 57.9 Å². The number of amides is 3. The molecule has 28 heavy (non-hydrogen) atoms. The molecule has 0 spiro atoms. The van der Waals surface area contributed by atoms with Crippen molar-refractivity contribution in [3.05, 3.63) is 58.0 Å². The first-order valence-corrected chi connectivity index (χ1v) is 9.07. The summed E-state index contributed by atoms with van der Waals surface area (Å²) in [4.78, 5) is 35.9. The van der Waals surface area contributed by atoms with E-state index in [1.807, 2.05) is 0 Å². The third kappa shape index (κ3) is 4.38. The van der Waals surface area contributed by atoms with Gasteiger partial charge in [-0.15, -0.1) is 5.11 Å². The molecule has 1 heterocycles. The van der Waals surface area contributed by atoms with E-state index in [4.69, 9.17) is 17.3 Å². The molecule has 0 radical (unpaired) electrons. The fourth-order valence-electron chi connectivity index (χ4n) is 2.30. The highest BCUT2D eigenvalue weighted by Crippen LogP contribution is 2.35. The molecule has 0 atom stereocenters. The van der Waals surface area contributed by atoms with Crippen molar-refractivity contribution in [1.82, 2.24) is 4.90 Å². The van der Waals surface area contributed by atoms with Crippen LogP contribution in [0.25, 0.3) is 6.08 Å². The molecule has 0 unspecified atom stereocenters. The number of carbonyl (C=O) groups excluding carboxylic acids is 3. The maximum absolute atomic E-state index is 12.3. The van der Waals surface area contributed by atoms with Gasteiger partial charge in [-0.25, -0.2) is 0 Å². The van der Waals surface area contributed by atoms with Crippen LogP contribution in [0.2, 0.25) is 5.02 Å². The van der Waals surface area contributed by atoms with Gasteiger partial charge in [-0.05, 0) is 48.2 Å². The Hall–Kier alpha value is -3.17. The Bertz CT molecular complexity index is 1040. The average molecular weight is 417 g/mol. The van der Waals surface area contributed by atoms with E-state index in [0.717, 1.165) is 4.90 Å². The maximum Gasteiger partial charge on any atom is 0.294 e. The first-order chi connectivity index (χ1) is 13.3. The van der Waals surface area contributed by atoms with Crippen LogP contribution in [0.5, 0.6) is 5.75 Å². The number of carbonyl (C=O) groups is 3. The first kappa shape index (κ1) is 19.6. The molecule has 1 fully saturated rings. The number of halogens is 1. The number of phenols is 1. The van der Waals surface area contributed by atoms with Gasteiger partial charge in [0.25, 0.3) is 11.1 Å². The van der Waals surface area contributed by atoms with E-state index in [0.29, 0.717) is 28.2 Å². The van der Waals surface area contributed by atoms with Crippen LogP contribution in [0, 0.1) is 0 Å². The predicted molar refractivity (Wildman–Crippen MR) is 106 cm³/mol. The van der Waals surface area contributed by atoms with E-state index in [2.05, 4.69) is 10.2 Å². The number of benzene rings is 2. The second-order valence-electron chi connectivity index (χ2n) is 5.63. The highest BCUT2D eigenvalue weighted by Gasteiger charge is 2.35. The number of phenolic OH excluding ortho intramolecular Hbond substituents is 1. The van der Waals surface area contributed by atoms with Crippen LogP contribution in [-0.2, 0) is 9.59 Å². The minimum Gasteiger partial charge on any atom is -0.507 e. The van der Waals surface area contributed by atoms with Crippen LogP contribution in [0.3, 0.4) is 0 Å². The lowest BCUT2D eigenvalue weighted by Gasteiger charge is -2.08. The fourth-order valence-corrected chi connectivity index (χ4v) is 3.30. The van der Waals surface area contributed by atoms with Crippen LogP contribution >= 0.6 is 23.4 Å². The molecule has 0 aromatic heterocycles. The highest BCUT2D eigenvalue weighted by molar-refractivity contribution is 8.18. The molecule has 8 nitrogen and oxygen atoms in total. The lowest BCUT2D eigenvalue weighted by Crippen LogP contribution is -2.36. The molecule has 0 aliphatic carbocycles. The third-order valence-electron chi connectivity index (χ3n) is 3.61. The normalized spacial score (nSPS) is 15.8. The van der Waals surface area contributed by atoms with Crippen molar-refractivity contribution in [2.24, 2.45) is 16.0 Å². The number of imide groups is 1. The van der Waals surface area contributed by atoms with Crippen LogP contribution in [0.1, 0.15) is 5.56 Å². The quantitative estimate of drug-likeness (QED) is 0.563. The number of hydrogen-bond acceptors (Lipinski definition) is 7. The van der Waals surface area contributed by atoms with Crippen molar-refractivity contribution in [2.75, 3.05) is 6.54 Å². The Balaban J connectivity index is 1.87. The summed E-state index contributed by atoms with van der Waals surface area (Å²) < 4.78 is 0. The first-order valence-electron chi connectivity index (χ1n) is 7.88. The van der Waals surface area contributed by atoms with E-state index in [9.17, 15) is 19.5 Å². The van der Waals surface area contributed by atoms with E-state index in [1.54, 1.807) is 24.3 Å². The molecule has 3 rings (SSSR count). The number of nitrogens with two attached hydrogens (primary N) is 1. The van der Waals surface area contributed by atoms with Crippen molar-refractivity contribution in [3.8, 4) is 5.75 Å². The minimum atomic E-state index is -0.798.